The molecular formula is C23H23NO3. The Balaban J connectivity index is 1.88. The van der Waals surface area contributed by atoms with Crippen molar-refractivity contribution in [1.29, 1.82) is 0 Å². The summed E-state index contributed by atoms with van der Waals surface area (Å²) in [5.74, 6) is 0.0751. The Morgan fingerprint density at radius 3 is 2.56 bits per heavy atom. The normalized spacial score (nSPS) is 18.4. The molecule has 27 heavy (non-hydrogen) atoms. The highest BCUT2D eigenvalue weighted by Gasteiger charge is 2.34. The second-order valence-corrected chi connectivity index (χ2v) is 8.07. The van der Waals surface area contributed by atoms with E-state index >= 15 is 0 Å². The van der Waals surface area contributed by atoms with Crippen LogP contribution in [0.25, 0.3) is 11.0 Å². The number of ketones is 1. The van der Waals surface area contributed by atoms with Crippen molar-refractivity contribution in [3.8, 4) is 0 Å². The van der Waals surface area contributed by atoms with E-state index < -0.39 is 5.63 Å². The van der Waals surface area contributed by atoms with E-state index in [0.29, 0.717) is 17.1 Å². The number of hydrogen-bond donors (Lipinski definition) is 0. The first kappa shape index (κ1) is 17.5. The van der Waals surface area contributed by atoms with Crippen LogP contribution in [0.2, 0.25) is 0 Å². The third kappa shape index (κ3) is 2.85. The van der Waals surface area contributed by atoms with Gasteiger partial charge in [-0.1, -0.05) is 37.3 Å². The maximum atomic E-state index is 12.7. The number of carbonyl (C=O) groups excluding carboxylic acids is 1. The van der Waals surface area contributed by atoms with Crippen LogP contribution >= 0.6 is 0 Å². The van der Waals surface area contributed by atoms with Gasteiger partial charge in [0.1, 0.15) is 11.1 Å². The molecule has 0 radical (unpaired) electrons. The minimum atomic E-state index is -0.595. The smallest absolute Gasteiger partial charge is 0.347 e. The second kappa shape index (κ2) is 6.08. The first-order valence-corrected chi connectivity index (χ1v) is 9.23. The van der Waals surface area contributed by atoms with Crippen LogP contribution in [-0.2, 0) is 0 Å². The molecule has 0 saturated carbocycles. The summed E-state index contributed by atoms with van der Waals surface area (Å²) in [7, 11) is 2.07. The summed E-state index contributed by atoms with van der Waals surface area (Å²) in [6, 6.07) is 14.5. The summed E-state index contributed by atoms with van der Waals surface area (Å²) < 4.78 is 5.55. The molecule has 1 aliphatic rings. The van der Waals surface area contributed by atoms with Crippen LogP contribution in [0, 0.1) is 0 Å². The van der Waals surface area contributed by atoms with E-state index in [0.717, 1.165) is 17.5 Å². The van der Waals surface area contributed by atoms with Crippen molar-refractivity contribution in [3.63, 3.8) is 0 Å². The fourth-order valence-electron chi connectivity index (χ4n) is 4.08. The Labute approximate surface area is 158 Å². The number of fused-ring (bicyclic) bond motifs is 2. The number of benzene rings is 2. The second-order valence-electron chi connectivity index (χ2n) is 8.07. The van der Waals surface area contributed by atoms with Gasteiger partial charge in [0.15, 0.2) is 5.78 Å². The number of anilines is 1. The van der Waals surface area contributed by atoms with Gasteiger partial charge in [0.2, 0.25) is 0 Å². The maximum Gasteiger partial charge on any atom is 0.347 e. The van der Waals surface area contributed by atoms with E-state index in [9.17, 15) is 9.59 Å². The maximum absolute atomic E-state index is 12.7. The van der Waals surface area contributed by atoms with Crippen LogP contribution in [0.1, 0.15) is 54.6 Å². The molecule has 2 aromatic carbocycles. The van der Waals surface area contributed by atoms with Crippen molar-refractivity contribution in [2.24, 2.45) is 0 Å². The third-order valence-corrected chi connectivity index (χ3v) is 5.77. The molecule has 4 rings (SSSR count). The van der Waals surface area contributed by atoms with Gasteiger partial charge in [0.25, 0.3) is 0 Å². The number of carbonyl (C=O) groups is 1. The lowest BCUT2D eigenvalue weighted by Crippen LogP contribution is -2.45. The largest absolute Gasteiger partial charge is 0.422 e. The standard InChI is InChI=1S/C23H23NO3/c1-14-13-23(2,3)24(4)19-12-20-16(10-17(14)19)11-18(22(26)27-20)21(25)15-8-6-5-7-9-15/h5-12,14H,13H2,1-4H3. The van der Waals surface area contributed by atoms with Gasteiger partial charge in [0, 0.05) is 35.3 Å². The van der Waals surface area contributed by atoms with Gasteiger partial charge in [-0.25, -0.2) is 4.79 Å². The van der Waals surface area contributed by atoms with Crippen LogP contribution in [0.15, 0.2) is 57.7 Å². The fraction of sp³-hybridized carbons (Fsp3) is 0.304. The lowest BCUT2D eigenvalue weighted by molar-refractivity contribution is 0.103. The Hall–Kier alpha value is -2.88. The molecule has 1 atom stereocenters. The summed E-state index contributed by atoms with van der Waals surface area (Å²) in [6.07, 6.45) is 1.04. The van der Waals surface area contributed by atoms with E-state index in [2.05, 4.69) is 38.8 Å². The van der Waals surface area contributed by atoms with E-state index in [1.807, 2.05) is 12.1 Å². The molecule has 0 aliphatic carbocycles. The molecule has 1 aliphatic heterocycles. The zero-order chi connectivity index (χ0) is 19.3. The van der Waals surface area contributed by atoms with Gasteiger partial charge in [-0.3, -0.25) is 4.79 Å². The highest BCUT2D eigenvalue weighted by atomic mass is 16.4. The lowest BCUT2D eigenvalue weighted by atomic mass is 9.80. The zero-order valence-corrected chi connectivity index (χ0v) is 16.1. The van der Waals surface area contributed by atoms with Crippen LogP contribution in [0.5, 0.6) is 0 Å². The highest BCUT2D eigenvalue weighted by Crippen LogP contribution is 2.43. The predicted octanol–water partition coefficient (Wildman–Crippen LogP) is 4.75. The molecule has 0 amide bonds. The Kier molecular flexibility index (Phi) is 3.95. The van der Waals surface area contributed by atoms with Crippen molar-refractivity contribution >= 4 is 22.4 Å². The van der Waals surface area contributed by atoms with E-state index in [1.54, 1.807) is 30.3 Å². The van der Waals surface area contributed by atoms with Gasteiger partial charge in [-0.2, -0.15) is 0 Å². The van der Waals surface area contributed by atoms with E-state index in [-0.39, 0.29) is 16.9 Å². The Bertz CT molecular complexity index is 1100. The SMILES string of the molecule is CC1CC(C)(C)N(C)c2cc3oc(=O)c(C(=O)c4ccccc4)cc3cc21. The molecule has 0 bridgehead atoms. The minimum Gasteiger partial charge on any atom is -0.422 e. The quantitative estimate of drug-likeness (QED) is 0.488. The van der Waals surface area contributed by atoms with E-state index in [4.69, 9.17) is 4.42 Å². The van der Waals surface area contributed by atoms with Gasteiger partial charge < -0.3 is 9.32 Å². The molecule has 0 N–H and O–H groups in total. The summed E-state index contributed by atoms with van der Waals surface area (Å²) in [5, 5.41) is 0.785. The fourth-order valence-corrected chi connectivity index (χ4v) is 4.08. The zero-order valence-electron chi connectivity index (χ0n) is 16.1. The lowest BCUT2D eigenvalue weighted by Gasteiger charge is -2.45. The third-order valence-electron chi connectivity index (χ3n) is 5.77. The van der Waals surface area contributed by atoms with Crippen molar-refractivity contribution < 1.29 is 9.21 Å². The van der Waals surface area contributed by atoms with Gasteiger partial charge in [0.05, 0.1) is 0 Å². The molecule has 0 spiro atoms. The molecule has 0 fully saturated rings. The number of hydrogen-bond acceptors (Lipinski definition) is 4. The van der Waals surface area contributed by atoms with Crippen LogP contribution in [0.3, 0.4) is 0 Å². The topological polar surface area (TPSA) is 50.5 Å². The highest BCUT2D eigenvalue weighted by molar-refractivity contribution is 6.09. The van der Waals surface area contributed by atoms with Crippen molar-refractivity contribution in [3.05, 3.63) is 75.6 Å². The predicted molar refractivity (Wildman–Crippen MR) is 108 cm³/mol. The first-order chi connectivity index (χ1) is 12.8. The molecule has 1 aromatic heterocycles. The minimum absolute atomic E-state index is 0.0314. The summed E-state index contributed by atoms with van der Waals surface area (Å²) in [4.78, 5) is 27.5. The molecule has 2 heterocycles. The number of rotatable bonds is 2. The molecular weight excluding hydrogens is 338 g/mol. The number of nitrogens with zero attached hydrogens (tertiary/aromatic N) is 1. The summed E-state index contributed by atoms with van der Waals surface area (Å²) in [6.45, 7) is 6.65. The molecule has 4 heteroatoms. The summed E-state index contributed by atoms with van der Waals surface area (Å²) in [5.41, 5.74) is 2.81. The van der Waals surface area contributed by atoms with Crippen molar-refractivity contribution in [2.45, 2.75) is 38.6 Å². The molecule has 3 aromatic rings. The van der Waals surface area contributed by atoms with Gasteiger partial charge in [-0.15, -0.1) is 0 Å². The molecule has 138 valence electrons. The molecule has 4 nitrogen and oxygen atoms in total. The van der Waals surface area contributed by atoms with Gasteiger partial charge in [-0.05, 0) is 43.9 Å². The van der Waals surface area contributed by atoms with Gasteiger partial charge >= 0.3 is 5.63 Å². The Morgan fingerprint density at radius 1 is 1.15 bits per heavy atom. The average molecular weight is 361 g/mol. The molecule has 1 unspecified atom stereocenters. The Morgan fingerprint density at radius 2 is 1.85 bits per heavy atom. The van der Waals surface area contributed by atoms with Crippen LogP contribution in [-0.4, -0.2) is 18.4 Å². The summed E-state index contributed by atoms with van der Waals surface area (Å²) >= 11 is 0. The first-order valence-electron chi connectivity index (χ1n) is 9.23. The average Bonchev–Trinajstić information content (AvgIpc) is 2.64. The van der Waals surface area contributed by atoms with E-state index in [1.165, 1.54) is 5.56 Å². The van der Waals surface area contributed by atoms with Crippen molar-refractivity contribution in [2.75, 3.05) is 11.9 Å². The van der Waals surface area contributed by atoms with Crippen LogP contribution in [0.4, 0.5) is 5.69 Å². The molecule has 0 saturated heterocycles. The van der Waals surface area contributed by atoms with Crippen LogP contribution < -0.4 is 10.5 Å². The van der Waals surface area contributed by atoms with Crippen molar-refractivity contribution in [1.82, 2.24) is 0 Å². The monoisotopic (exact) mass is 361 g/mol.